The summed E-state index contributed by atoms with van der Waals surface area (Å²) in [6.45, 7) is 20.0. The van der Waals surface area contributed by atoms with Crippen LogP contribution in [0.4, 0.5) is 0 Å². The summed E-state index contributed by atoms with van der Waals surface area (Å²) in [4.78, 5) is 24.5. The van der Waals surface area contributed by atoms with Gasteiger partial charge >= 0.3 is 0 Å². The van der Waals surface area contributed by atoms with Crippen LogP contribution in [-0.4, -0.2) is 34.0 Å². The Morgan fingerprint density at radius 2 is 0.864 bits per heavy atom. The van der Waals surface area contributed by atoms with E-state index in [1.54, 1.807) is 13.8 Å². The molecule has 0 saturated heterocycles. The number of ketones is 2. The Morgan fingerprint density at radius 3 is 1.20 bits per heavy atom. The minimum Gasteiger partial charge on any atom is -0.385 e. The standard InChI is InChI=1S/C40H52O4/c1-27(17-13-19-29(3)21-23-33-31(5)37(43)35(41)25-39(33,7)8)15-11-12-16-28(2)18-14-20-30(4)22-24-34-32(6)38(44)36(42)26-40(34,9)10/h11-24,35-36,41-42H,25-26H2,1-10H3/b12-11+,17-13+,18-14+,23-21+,24-22+,27-15+,28-16+,29-19+,30-20+/i37+1,38+1. The van der Waals surface area contributed by atoms with Crippen LogP contribution in [0.1, 0.15) is 82.1 Å². The van der Waals surface area contributed by atoms with Crippen molar-refractivity contribution in [2.75, 3.05) is 0 Å². The first-order valence-electron chi connectivity index (χ1n) is 15.4. The second-order valence-electron chi connectivity index (χ2n) is 13.4. The third kappa shape index (κ3) is 10.5. The molecule has 0 aromatic rings. The zero-order valence-corrected chi connectivity index (χ0v) is 28.4. The highest BCUT2D eigenvalue weighted by molar-refractivity contribution is 6.01. The highest BCUT2D eigenvalue weighted by atomic mass is 16.3. The Bertz CT molecular complexity index is 1340. The molecule has 0 fully saturated rings. The molecule has 0 amide bonds. The number of hydrogen-bond acceptors (Lipinski definition) is 4. The second-order valence-corrected chi connectivity index (χ2v) is 13.4. The predicted molar refractivity (Wildman–Crippen MR) is 185 cm³/mol. The molecule has 2 atom stereocenters. The van der Waals surface area contributed by atoms with E-state index in [1.165, 1.54) is 0 Å². The molecule has 0 spiro atoms. The van der Waals surface area contributed by atoms with Crippen molar-refractivity contribution in [3.8, 4) is 0 Å². The van der Waals surface area contributed by atoms with Crippen LogP contribution in [0, 0.1) is 10.8 Å². The van der Waals surface area contributed by atoms with Gasteiger partial charge in [-0.25, -0.2) is 0 Å². The van der Waals surface area contributed by atoms with Crippen molar-refractivity contribution >= 4 is 11.6 Å². The van der Waals surface area contributed by atoms with E-state index in [0.717, 1.165) is 33.4 Å². The highest BCUT2D eigenvalue weighted by Crippen LogP contribution is 2.40. The average molecular weight is 599 g/mol. The van der Waals surface area contributed by atoms with Crippen molar-refractivity contribution in [3.05, 3.63) is 130 Å². The minimum atomic E-state index is -0.907. The lowest BCUT2D eigenvalue weighted by atomic mass is 9.75. The van der Waals surface area contributed by atoms with Crippen LogP contribution in [0.25, 0.3) is 0 Å². The van der Waals surface area contributed by atoms with Crippen molar-refractivity contribution in [2.24, 2.45) is 10.8 Å². The van der Waals surface area contributed by atoms with Gasteiger partial charge in [-0.15, -0.1) is 0 Å². The maximum atomic E-state index is 12.2. The Hall–Kier alpha value is -3.60. The number of aliphatic hydroxyl groups excluding tert-OH is 2. The molecule has 236 valence electrons. The minimum absolute atomic E-state index is 0.175. The maximum Gasteiger partial charge on any atom is 0.187 e. The Morgan fingerprint density at radius 1 is 0.568 bits per heavy atom. The van der Waals surface area contributed by atoms with Crippen molar-refractivity contribution in [1.29, 1.82) is 0 Å². The Balaban J connectivity index is 1.95. The van der Waals surface area contributed by atoms with Gasteiger partial charge in [-0.3, -0.25) is 9.59 Å². The average Bonchev–Trinajstić information content (AvgIpc) is 2.92. The Kier molecular flexibility index (Phi) is 13.2. The summed E-state index contributed by atoms with van der Waals surface area (Å²) < 4.78 is 0. The van der Waals surface area contributed by atoms with Crippen LogP contribution in [0.15, 0.2) is 130 Å². The first kappa shape index (κ1) is 36.6. The van der Waals surface area contributed by atoms with E-state index < -0.39 is 12.2 Å². The van der Waals surface area contributed by atoms with E-state index in [0.29, 0.717) is 24.0 Å². The van der Waals surface area contributed by atoms with Crippen molar-refractivity contribution in [1.82, 2.24) is 0 Å². The fraction of sp³-hybridized carbons (Fsp3) is 0.400. The van der Waals surface area contributed by atoms with Gasteiger partial charge in [0.2, 0.25) is 0 Å². The third-order valence-corrected chi connectivity index (χ3v) is 8.31. The van der Waals surface area contributed by atoms with Gasteiger partial charge in [0.25, 0.3) is 0 Å². The molecular formula is C40H52O4. The molecule has 4 nitrogen and oxygen atoms in total. The molecule has 0 saturated carbocycles. The molecule has 2 rings (SSSR count). The maximum absolute atomic E-state index is 12.2. The van der Waals surface area contributed by atoms with Crippen LogP contribution >= 0.6 is 0 Å². The number of allylic oxidation sites excluding steroid dienone is 20. The number of Topliss-reactive ketones (excluding diaryl/α,β-unsaturated/α-hetero) is 2. The Labute approximate surface area is 265 Å². The lowest BCUT2D eigenvalue weighted by molar-refractivity contribution is -0.126. The number of carbonyl (C=O) groups excluding carboxylic acids is 2. The van der Waals surface area contributed by atoms with Gasteiger partial charge in [0.1, 0.15) is 12.2 Å². The van der Waals surface area contributed by atoms with E-state index in [2.05, 4.69) is 65.8 Å². The van der Waals surface area contributed by atoms with Gasteiger partial charge in [0.05, 0.1) is 0 Å². The van der Waals surface area contributed by atoms with Crippen LogP contribution in [0.3, 0.4) is 0 Å². The summed E-state index contributed by atoms with van der Waals surface area (Å²) in [6, 6.07) is 0. The van der Waals surface area contributed by atoms with E-state index in [1.807, 2.05) is 74.6 Å². The topological polar surface area (TPSA) is 74.6 Å². The number of hydrogen-bond donors (Lipinski definition) is 2. The van der Waals surface area contributed by atoms with Gasteiger partial charge in [0.15, 0.2) is 11.6 Å². The molecule has 0 bridgehead atoms. The highest BCUT2D eigenvalue weighted by Gasteiger charge is 2.37. The van der Waals surface area contributed by atoms with Gasteiger partial charge in [-0.2, -0.15) is 0 Å². The zero-order chi connectivity index (χ0) is 33.2. The van der Waals surface area contributed by atoms with Crippen LogP contribution in [-0.2, 0) is 9.59 Å². The monoisotopic (exact) mass is 598 g/mol. The molecule has 0 aliphatic heterocycles. The fourth-order valence-corrected chi connectivity index (χ4v) is 5.62. The SMILES string of the molecule is CC1=C(/C=C/C(C)=C/C=C/C(C)=C/C=C/C=C(C)/C=C/C=C(C)/C=C/C2=C(C)[13C](=O)C(O)CC2(C)C)C(C)(C)CC(O)[13C]1=O. The first-order valence-corrected chi connectivity index (χ1v) is 15.4. The molecule has 2 unspecified atom stereocenters. The molecule has 2 aliphatic carbocycles. The second kappa shape index (κ2) is 15.9. The van der Waals surface area contributed by atoms with Gasteiger partial charge in [0, 0.05) is 0 Å². The summed E-state index contributed by atoms with van der Waals surface area (Å²) in [7, 11) is 0. The largest absolute Gasteiger partial charge is 0.385 e. The first-order chi connectivity index (χ1) is 20.5. The van der Waals surface area contributed by atoms with Crippen LogP contribution < -0.4 is 0 Å². The predicted octanol–water partition coefficient (Wildman–Crippen LogP) is 8.91. The lowest BCUT2D eigenvalue weighted by Gasteiger charge is -2.34. The summed E-state index contributed by atoms with van der Waals surface area (Å²) in [5.41, 5.74) is 7.16. The molecule has 4 heteroatoms. The van der Waals surface area contributed by atoms with Crippen LogP contribution in [0.2, 0.25) is 0 Å². The lowest BCUT2D eigenvalue weighted by Crippen LogP contribution is -2.35. The fourth-order valence-electron chi connectivity index (χ4n) is 5.62. The molecule has 0 radical (unpaired) electrons. The van der Waals surface area contributed by atoms with E-state index >= 15 is 0 Å². The molecule has 2 N–H and O–H groups in total. The smallest absolute Gasteiger partial charge is 0.187 e. The van der Waals surface area contributed by atoms with Gasteiger partial charge < -0.3 is 10.2 Å². The van der Waals surface area contributed by atoms with Crippen LogP contribution in [0.5, 0.6) is 0 Å². The van der Waals surface area contributed by atoms with E-state index in [-0.39, 0.29) is 22.4 Å². The molecule has 0 aromatic carbocycles. The summed E-state index contributed by atoms with van der Waals surface area (Å²) >= 11 is 0. The quantitative estimate of drug-likeness (QED) is 0.195. The van der Waals surface area contributed by atoms with Gasteiger partial charge in [-0.1, -0.05) is 135 Å². The van der Waals surface area contributed by atoms with E-state index in [9.17, 15) is 19.8 Å². The number of rotatable bonds is 10. The normalized spacial score (nSPS) is 24.5. The third-order valence-electron chi connectivity index (χ3n) is 8.31. The number of carbonyl (C=O) groups is 2. The molecule has 44 heavy (non-hydrogen) atoms. The summed E-state index contributed by atoms with van der Waals surface area (Å²) in [6.07, 6.45) is 27.5. The molecule has 0 heterocycles. The molecule has 2 aliphatic rings. The van der Waals surface area contributed by atoms with Crippen molar-refractivity contribution in [3.63, 3.8) is 0 Å². The van der Waals surface area contributed by atoms with E-state index in [4.69, 9.17) is 0 Å². The van der Waals surface area contributed by atoms with Gasteiger partial charge in [-0.05, 0) is 87.5 Å². The van der Waals surface area contributed by atoms with Crippen molar-refractivity contribution in [2.45, 2.75) is 94.3 Å². The zero-order valence-electron chi connectivity index (χ0n) is 28.4. The summed E-state index contributed by atoms with van der Waals surface area (Å²) in [5.74, 6) is -0.350. The summed E-state index contributed by atoms with van der Waals surface area (Å²) in [5, 5.41) is 20.0. The molecular weight excluding hydrogens is 546 g/mol. The van der Waals surface area contributed by atoms with Crippen molar-refractivity contribution < 1.29 is 19.8 Å². The molecule has 0 aromatic heterocycles. The number of aliphatic hydroxyl groups is 2.